The van der Waals surface area contributed by atoms with Crippen molar-refractivity contribution in [1.29, 1.82) is 0 Å². The second-order valence-corrected chi connectivity index (χ2v) is 8.27. The Morgan fingerprint density at radius 2 is 1.94 bits per heavy atom. The van der Waals surface area contributed by atoms with Crippen LogP contribution in [0.15, 0.2) is 52.1 Å². The predicted octanol–water partition coefficient (Wildman–Crippen LogP) is 4.26. The molecule has 1 unspecified atom stereocenters. The van der Waals surface area contributed by atoms with Crippen LogP contribution in [-0.2, 0) is 11.4 Å². The third-order valence-corrected chi connectivity index (χ3v) is 6.12. The lowest BCUT2D eigenvalue weighted by Crippen LogP contribution is -2.32. The Balaban J connectivity index is 1.34. The summed E-state index contributed by atoms with van der Waals surface area (Å²) in [6.45, 7) is 0.724. The minimum Gasteiger partial charge on any atom is -0.497 e. The van der Waals surface area contributed by atoms with E-state index < -0.39 is 0 Å². The second-order valence-electron chi connectivity index (χ2n) is 7.35. The number of hydrogen-bond donors (Lipinski definition) is 0. The molecule has 3 aromatic rings. The summed E-state index contributed by atoms with van der Waals surface area (Å²) in [5, 5.41) is 8.19. The van der Waals surface area contributed by atoms with Crippen molar-refractivity contribution in [2.45, 2.75) is 30.7 Å². The molecule has 1 aromatic heterocycles. The van der Waals surface area contributed by atoms with Crippen LogP contribution in [0, 0.1) is 5.82 Å². The first-order chi connectivity index (χ1) is 16.1. The molecule has 1 fully saturated rings. The highest BCUT2D eigenvalue weighted by atomic mass is 32.2. The molecule has 1 saturated heterocycles. The number of methoxy groups -OCH3 is 2. The van der Waals surface area contributed by atoms with Gasteiger partial charge in [-0.15, -0.1) is 10.2 Å². The first-order valence-corrected chi connectivity index (χ1v) is 11.4. The Morgan fingerprint density at radius 1 is 1.15 bits per heavy atom. The number of carbonyl (C=O) groups excluding carboxylic acids is 1. The Hall–Kier alpha value is -3.27. The summed E-state index contributed by atoms with van der Waals surface area (Å²) in [6, 6.07) is 11.2. The summed E-state index contributed by atoms with van der Waals surface area (Å²) < 4.78 is 34.9. The van der Waals surface area contributed by atoms with Gasteiger partial charge in [0.15, 0.2) is 6.61 Å². The normalized spacial score (nSPS) is 15.5. The van der Waals surface area contributed by atoms with Crippen molar-refractivity contribution in [3.63, 3.8) is 0 Å². The molecule has 8 nitrogen and oxygen atoms in total. The molecule has 1 aliphatic heterocycles. The molecule has 2 aromatic carbocycles. The topological polar surface area (TPSA) is 86.9 Å². The molecule has 1 aliphatic rings. The number of aromatic nitrogens is 2. The number of benzene rings is 2. The third kappa shape index (κ3) is 5.57. The largest absolute Gasteiger partial charge is 0.497 e. The zero-order valence-electron chi connectivity index (χ0n) is 18.3. The fourth-order valence-corrected chi connectivity index (χ4v) is 4.39. The van der Waals surface area contributed by atoms with Gasteiger partial charge in [0.05, 0.1) is 26.0 Å². The van der Waals surface area contributed by atoms with Crippen LogP contribution in [0.4, 0.5) is 4.39 Å². The molecular formula is C23H24FN3O5S. The molecule has 0 bridgehead atoms. The number of amides is 1. The highest BCUT2D eigenvalue weighted by molar-refractivity contribution is 7.99. The van der Waals surface area contributed by atoms with Crippen LogP contribution in [-0.4, -0.2) is 47.5 Å². The van der Waals surface area contributed by atoms with Crippen molar-refractivity contribution in [2.75, 3.05) is 26.5 Å². The van der Waals surface area contributed by atoms with Gasteiger partial charge in [-0.2, -0.15) is 0 Å². The summed E-state index contributed by atoms with van der Waals surface area (Å²) in [6.07, 6.45) is 1.76. The van der Waals surface area contributed by atoms with E-state index in [9.17, 15) is 9.18 Å². The Bertz CT molecular complexity index is 1090. The molecule has 2 heterocycles. The maximum Gasteiger partial charge on any atom is 0.277 e. The Morgan fingerprint density at radius 3 is 2.70 bits per heavy atom. The number of carbonyl (C=O) groups is 1. The number of halogens is 1. The van der Waals surface area contributed by atoms with Crippen molar-refractivity contribution in [3.05, 3.63) is 59.7 Å². The maximum absolute atomic E-state index is 13.0. The third-order valence-electron chi connectivity index (χ3n) is 5.31. The molecule has 174 valence electrons. The standard InChI is InChI=1S/C23H24FN3O5S/c1-29-17-9-10-20(30-2)18(12-17)19-4-3-11-27(19)22(28)14-33-23-26-25-21(32-23)13-31-16-7-5-15(24)6-8-16/h5-10,12,19H,3-4,11,13-14H2,1-2H3. The molecule has 4 rings (SSSR count). The van der Waals surface area contributed by atoms with Crippen LogP contribution in [0.2, 0.25) is 0 Å². The van der Waals surface area contributed by atoms with Gasteiger partial charge in [0, 0.05) is 12.1 Å². The summed E-state index contributed by atoms with van der Waals surface area (Å²) in [5.41, 5.74) is 0.936. The average Bonchev–Trinajstić information content (AvgIpc) is 3.51. The molecule has 0 spiro atoms. The van der Waals surface area contributed by atoms with Gasteiger partial charge in [-0.05, 0) is 55.3 Å². The van der Waals surface area contributed by atoms with E-state index in [4.69, 9.17) is 18.6 Å². The molecule has 10 heteroatoms. The molecule has 0 saturated carbocycles. The number of likely N-dealkylation sites (tertiary alicyclic amines) is 1. The monoisotopic (exact) mass is 473 g/mol. The van der Waals surface area contributed by atoms with Gasteiger partial charge >= 0.3 is 0 Å². The van der Waals surface area contributed by atoms with E-state index in [1.807, 2.05) is 23.1 Å². The van der Waals surface area contributed by atoms with Crippen molar-refractivity contribution in [3.8, 4) is 17.2 Å². The zero-order valence-corrected chi connectivity index (χ0v) is 19.1. The highest BCUT2D eigenvalue weighted by Gasteiger charge is 2.32. The maximum atomic E-state index is 13.0. The zero-order chi connectivity index (χ0) is 23.2. The first-order valence-electron chi connectivity index (χ1n) is 10.4. The molecule has 33 heavy (non-hydrogen) atoms. The Labute approximate surface area is 195 Å². The number of hydrogen-bond acceptors (Lipinski definition) is 8. The van der Waals surface area contributed by atoms with Crippen LogP contribution >= 0.6 is 11.8 Å². The fourth-order valence-electron chi connectivity index (χ4n) is 3.73. The van der Waals surface area contributed by atoms with Gasteiger partial charge < -0.3 is 23.5 Å². The van der Waals surface area contributed by atoms with Gasteiger partial charge in [0.2, 0.25) is 5.91 Å². The SMILES string of the molecule is COc1ccc(OC)c(C2CCCN2C(=O)CSc2nnc(COc3ccc(F)cc3)o2)c1. The van der Waals surface area contributed by atoms with Crippen molar-refractivity contribution < 1.29 is 27.8 Å². The summed E-state index contributed by atoms with van der Waals surface area (Å²) >= 11 is 1.18. The molecule has 1 atom stereocenters. The highest BCUT2D eigenvalue weighted by Crippen LogP contribution is 2.39. The van der Waals surface area contributed by atoms with Crippen molar-refractivity contribution in [1.82, 2.24) is 15.1 Å². The quantitative estimate of drug-likeness (QED) is 0.426. The van der Waals surface area contributed by atoms with Crippen LogP contribution < -0.4 is 14.2 Å². The van der Waals surface area contributed by atoms with Gasteiger partial charge in [-0.1, -0.05) is 11.8 Å². The van der Waals surface area contributed by atoms with E-state index in [2.05, 4.69) is 10.2 Å². The number of nitrogens with zero attached hydrogens (tertiary/aromatic N) is 3. The molecule has 0 N–H and O–H groups in total. The number of rotatable bonds is 9. The minimum absolute atomic E-state index is 0.0188. The summed E-state index contributed by atoms with van der Waals surface area (Å²) in [7, 11) is 3.23. The molecule has 1 amide bonds. The van der Waals surface area contributed by atoms with Gasteiger partial charge in [0.1, 0.15) is 23.1 Å². The second kappa shape index (κ2) is 10.6. The Kier molecular flexibility index (Phi) is 7.33. The molecule has 0 aliphatic carbocycles. The van der Waals surface area contributed by atoms with E-state index in [1.54, 1.807) is 14.2 Å². The van der Waals surface area contributed by atoms with E-state index in [-0.39, 0.29) is 41.2 Å². The summed E-state index contributed by atoms with van der Waals surface area (Å²) in [5.74, 6) is 2.03. The lowest BCUT2D eigenvalue weighted by atomic mass is 10.0. The van der Waals surface area contributed by atoms with Gasteiger partial charge in [0.25, 0.3) is 11.1 Å². The van der Waals surface area contributed by atoms with Gasteiger partial charge in [-0.3, -0.25) is 4.79 Å². The number of ether oxygens (including phenoxy) is 3. The van der Waals surface area contributed by atoms with Crippen molar-refractivity contribution >= 4 is 17.7 Å². The van der Waals surface area contributed by atoms with E-state index in [0.29, 0.717) is 12.3 Å². The van der Waals surface area contributed by atoms with Gasteiger partial charge in [-0.25, -0.2) is 4.39 Å². The fraction of sp³-hybridized carbons (Fsp3) is 0.348. The average molecular weight is 474 g/mol. The first kappa shape index (κ1) is 22.9. The van der Waals surface area contributed by atoms with Crippen LogP contribution in [0.25, 0.3) is 0 Å². The smallest absolute Gasteiger partial charge is 0.277 e. The van der Waals surface area contributed by atoms with Crippen LogP contribution in [0.3, 0.4) is 0 Å². The van der Waals surface area contributed by atoms with E-state index >= 15 is 0 Å². The molecule has 0 radical (unpaired) electrons. The van der Waals surface area contributed by atoms with E-state index in [1.165, 1.54) is 36.0 Å². The number of thioether (sulfide) groups is 1. The van der Waals surface area contributed by atoms with Crippen LogP contribution in [0.1, 0.15) is 30.3 Å². The molecular weight excluding hydrogens is 449 g/mol. The summed E-state index contributed by atoms with van der Waals surface area (Å²) in [4.78, 5) is 14.8. The predicted molar refractivity (Wildman–Crippen MR) is 119 cm³/mol. The minimum atomic E-state index is -0.339. The van der Waals surface area contributed by atoms with E-state index in [0.717, 1.165) is 29.9 Å². The lowest BCUT2D eigenvalue weighted by Gasteiger charge is -2.26. The lowest BCUT2D eigenvalue weighted by molar-refractivity contribution is -0.129. The van der Waals surface area contributed by atoms with Crippen molar-refractivity contribution in [2.24, 2.45) is 0 Å². The van der Waals surface area contributed by atoms with Crippen LogP contribution in [0.5, 0.6) is 17.2 Å².